The van der Waals surface area contributed by atoms with Crippen molar-refractivity contribution in [2.75, 3.05) is 18.6 Å². The minimum absolute atomic E-state index is 0.0529. The molecule has 0 aliphatic carbocycles. The van der Waals surface area contributed by atoms with Crippen molar-refractivity contribution < 1.29 is 13.7 Å². The largest absolute Gasteiger partial charge is 0.369 e. The van der Waals surface area contributed by atoms with Crippen LogP contribution in [0.1, 0.15) is 27.2 Å². The predicted octanol–water partition coefficient (Wildman–Crippen LogP) is 0.685. The summed E-state index contributed by atoms with van der Waals surface area (Å²) < 4.78 is 16.0. The number of ether oxygens (including phenoxy) is 1. The van der Waals surface area contributed by atoms with Crippen molar-refractivity contribution in [2.45, 2.75) is 39.3 Å². The summed E-state index contributed by atoms with van der Waals surface area (Å²) in [5.74, 6) is 0.505. The number of carbonyl (C=O) groups excluding carboxylic acids is 1. The Bertz CT molecular complexity index is 219. The smallest absolute Gasteiger partial charge is 0.246 e. The number of amides is 1. The molecule has 5 heteroatoms. The van der Waals surface area contributed by atoms with Crippen LogP contribution in [0.2, 0.25) is 0 Å². The highest BCUT2D eigenvalue weighted by Crippen LogP contribution is 1.93. The molecule has 0 radical (unpaired) electrons. The molecule has 0 fully saturated rings. The predicted molar refractivity (Wildman–Crippen MR) is 62.2 cm³/mol. The third-order valence-corrected chi connectivity index (χ3v) is 2.60. The van der Waals surface area contributed by atoms with Gasteiger partial charge in [-0.3, -0.25) is 9.00 Å². The molecule has 0 aliphatic rings. The van der Waals surface area contributed by atoms with E-state index in [0.29, 0.717) is 5.75 Å². The number of hydrogen-bond acceptors (Lipinski definition) is 3. The molecule has 90 valence electrons. The molecular weight excluding hydrogens is 214 g/mol. The Kier molecular flexibility index (Phi) is 7.60. The number of nitrogens with one attached hydrogen (secondary N) is 1. The quantitative estimate of drug-likeness (QED) is 0.706. The first-order valence-electron chi connectivity index (χ1n) is 5.12. The van der Waals surface area contributed by atoms with Crippen molar-refractivity contribution in [1.29, 1.82) is 0 Å². The van der Waals surface area contributed by atoms with Crippen molar-refractivity contribution in [3.05, 3.63) is 0 Å². The maximum absolute atomic E-state index is 11.3. The topological polar surface area (TPSA) is 55.4 Å². The highest BCUT2D eigenvalue weighted by molar-refractivity contribution is 7.84. The molecule has 0 aromatic heterocycles. The van der Waals surface area contributed by atoms with Crippen LogP contribution in [0, 0.1) is 0 Å². The van der Waals surface area contributed by atoms with E-state index in [-0.39, 0.29) is 24.7 Å². The highest BCUT2D eigenvalue weighted by atomic mass is 32.2. The third kappa shape index (κ3) is 9.87. The lowest BCUT2D eigenvalue weighted by molar-refractivity contribution is -0.127. The zero-order valence-electron chi connectivity index (χ0n) is 9.91. The van der Waals surface area contributed by atoms with E-state index in [1.807, 2.05) is 20.8 Å². The Balaban J connectivity index is 3.62. The van der Waals surface area contributed by atoms with Crippen molar-refractivity contribution in [3.8, 4) is 0 Å². The van der Waals surface area contributed by atoms with Gasteiger partial charge in [0.1, 0.15) is 6.61 Å². The Hall–Kier alpha value is -0.420. The second-order valence-corrected chi connectivity index (χ2v) is 5.45. The fourth-order valence-electron chi connectivity index (χ4n) is 0.974. The van der Waals surface area contributed by atoms with Crippen molar-refractivity contribution in [3.63, 3.8) is 0 Å². The van der Waals surface area contributed by atoms with Gasteiger partial charge in [0.25, 0.3) is 0 Å². The lowest BCUT2D eigenvalue weighted by Gasteiger charge is -2.14. The van der Waals surface area contributed by atoms with E-state index in [1.165, 1.54) is 0 Å². The van der Waals surface area contributed by atoms with Crippen LogP contribution < -0.4 is 5.32 Å². The molecule has 0 bridgehead atoms. The number of rotatable bonds is 7. The zero-order chi connectivity index (χ0) is 11.8. The van der Waals surface area contributed by atoms with Gasteiger partial charge in [-0.25, -0.2) is 0 Å². The first-order chi connectivity index (χ1) is 6.91. The Morgan fingerprint density at radius 2 is 2.00 bits per heavy atom. The van der Waals surface area contributed by atoms with Gasteiger partial charge in [-0.2, -0.15) is 0 Å². The Morgan fingerprint density at radius 1 is 1.40 bits per heavy atom. The lowest BCUT2D eigenvalue weighted by Crippen LogP contribution is -2.36. The van der Waals surface area contributed by atoms with Crippen LogP contribution in [0.4, 0.5) is 0 Å². The standard InChI is InChI=1S/C10H21NO3S/c1-8(2)14-7-10(12)11-9(3)5-6-15(4)13/h8-9H,5-7H2,1-4H3,(H,11,12). The molecule has 0 rings (SSSR count). The van der Waals surface area contributed by atoms with Gasteiger partial charge in [0.05, 0.1) is 6.10 Å². The molecule has 2 atom stereocenters. The van der Waals surface area contributed by atoms with Gasteiger partial charge in [-0.05, 0) is 27.2 Å². The fourth-order valence-corrected chi connectivity index (χ4v) is 1.66. The summed E-state index contributed by atoms with van der Waals surface area (Å²) in [4.78, 5) is 11.3. The van der Waals surface area contributed by atoms with Gasteiger partial charge >= 0.3 is 0 Å². The molecule has 2 unspecified atom stereocenters. The molecule has 1 amide bonds. The second kappa shape index (κ2) is 7.82. The second-order valence-electron chi connectivity index (χ2n) is 3.89. The van der Waals surface area contributed by atoms with Crippen LogP contribution in [0.3, 0.4) is 0 Å². The highest BCUT2D eigenvalue weighted by Gasteiger charge is 2.08. The third-order valence-electron chi connectivity index (χ3n) is 1.79. The van der Waals surface area contributed by atoms with E-state index in [4.69, 9.17) is 4.74 Å². The Labute approximate surface area is 94.2 Å². The maximum Gasteiger partial charge on any atom is 0.246 e. The summed E-state index contributed by atoms with van der Waals surface area (Å²) in [5, 5.41) is 2.79. The molecule has 15 heavy (non-hydrogen) atoms. The van der Waals surface area contributed by atoms with Crippen molar-refractivity contribution >= 4 is 16.7 Å². The van der Waals surface area contributed by atoms with Crippen LogP contribution in [0.15, 0.2) is 0 Å². The molecule has 0 saturated heterocycles. The maximum atomic E-state index is 11.3. The molecule has 1 N–H and O–H groups in total. The van der Waals surface area contributed by atoms with Crippen molar-refractivity contribution in [2.24, 2.45) is 0 Å². The van der Waals surface area contributed by atoms with Crippen LogP contribution in [-0.2, 0) is 20.3 Å². The summed E-state index contributed by atoms with van der Waals surface area (Å²) in [7, 11) is -0.795. The summed E-state index contributed by atoms with van der Waals surface area (Å²) in [5.41, 5.74) is 0. The molecule has 0 aliphatic heterocycles. The molecule has 0 saturated carbocycles. The average Bonchev–Trinajstić information content (AvgIpc) is 2.11. The molecular formula is C10H21NO3S. The number of hydrogen-bond donors (Lipinski definition) is 1. The van der Waals surface area contributed by atoms with Crippen molar-refractivity contribution in [1.82, 2.24) is 5.32 Å². The Morgan fingerprint density at radius 3 is 2.47 bits per heavy atom. The molecule has 0 heterocycles. The van der Waals surface area contributed by atoms with Gasteiger partial charge in [0, 0.05) is 28.9 Å². The van der Waals surface area contributed by atoms with Gasteiger partial charge in [0.2, 0.25) is 5.91 Å². The minimum Gasteiger partial charge on any atom is -0.369 e. The van der Waals surface area contributed by atoms with E-state index in [0.717, 1.165) is 6.42 Å². The minimum atomic E-state index is -0.795. The molecule has 0 aromatic rings. The number of carbonyl (C=O) groups is 1. The van der Waals surface area contributed by atoms with E-state index in [1.54, 1.807) is 6.26 Å². The van der Waals surface area contributed by atoms with Crippen LogP contribution in [0.25, 0.3) is 0 Å². The van der Waals surface area contributed by atoms with Crippen LogP contribution in [-0.4, -0.2) is 40.9 Å². The SMILES string of the molecule is CC(CCS(C)=O)NC(=O)COC(C)C. The summed E-state index contributed by atoms with van der Waals surface area (Å²) in [6, 6.07) is 0.0529. The molecule has 4 nitrogen and oxygen atoms in total. The van der Waals surface area contributed by atoms with Gasteiger partial charge < -0.3 is 10.1 Å². The van der Waals surface area contributed by atoms with Crippen LogP contribution in [0.5, 0.6) is 0 Å². The van der Waals surface area contributed by atoms with Gasteiger partial charge in [-0.15, -0.1) is 0 Å². The van der Waals surface area contributed by atoms with Gasteiger partial charge in [0.15, 0.2) is 0 Å². The monoisotopic (exact) mass is 235 g/mol. The first-order valence-corrected chi connectivity index (χ1v) is 6.85. The van der Waals surface area contributed by atoms with Gasteiger partial charge in [-0.1, -0.05) is 0 Å². The first kappa shape index (κ1) is 14.6. The van der Waals surface area contributed by atoms with E-state index < -0.39 is 10.8 Å². The normalized spacial score (nSPS) is 15.0. The van der Waals surface area contributed by atoms with E-state index >= 15 is 0 Å². The van der Waals surface area contributed by atoms with Crippen LogP contribution >= 0.6 is 0 Å². The molecule has 0 spiro atoms. The summed E-state index contributed by atoms with van der Waals surface area (Å²) >= 11 is 0. The zero-order valence-corrected chi connectivity index (χ0v) is 10.7. The summed E-state index contributed by atoms with van der Waals surface area (Å²) in [6.07, 6.45) is 2.46. The van der Waals surface area contributed by atoms with E-state index in [2.05, 4.69) is 5.32 Å². The average molecular weight is 235 g/mol. The molecule has 0 aromatic carbocycles. The fraction of sp³-hybridized carbons (Fsp3) is 0.900. The summed E-state index contributed by atoms with van der Waals surface area (Å²) in [6.45, 7) is 5.77. The lowest BCUT2D eigenvalue weighted by atomic mass is 10.2. The van der Waals surface area contributed by atoms with E-state index in [9.17, 15) is 9.00 Å².